The number of allylic oxidation sites excluding steroid dienone is 1. The number of hydrogen-bond donors (Lipinski definition) is 3. The molecule has 1 unspecified atom stereocenters. The van der Waals surface area contributed by atoms with Gasteiger partial charge in [-0.1, -0.05) is 55.8 Å². The van der Waals surface area contributed by atoms with Gasteiger partial charge in [0.05, 0.1) is 11.4 Å². The van der Waals surface area contributed by atoms with Crippen LogP contribution in [0.15, 0.2) is 71.7 Å². The van der Waals surface area contributed by atoms with E-state index in [9.17, 15) is 4.79 Å². The summed E-state index contributed by atoms with van der Waals surface area (Å²) in [5.74, 6) is 0.295. The number of nitrogens with two attached hydrogens (primary N) is 1. The molecule has 7 nitrogen and oxygen atoms in total. The van der Waals surface area contributed by atoms with Crippen molar-refractivity contribution in [3.8, 4) is 0 Å². The normalized spacial score (nSPS) is 12.6. The van der Waals surface area contributed by atoms with Gasteiger partial charge >= 0.3 is 6.09 Å². The zero-order chi connectivity index (χ0) is 26.6. The molecule has 2 aromatic rings. The van der Waals surface area contributed by atoms with Crippen LogP contribution in [0.3, 0.4) is 0 Å². The Morgan fingerprint density at radius 2 is 1.74 bits per heavy atom. The van der Waals surface area contributed by atoms with Gasteiger partial charge in [0.1, 0.15) is 11.7 Å². The Kier molecular flexibility index (Phi) is 11.9. The van der Waals surface area contributed by atoms with Gasteiger partial charge in [0.15, 0.2) is 5.88 Å². The van der Waals surface area contributed by atoms with E-state index in [1.165, 1.54) is 0 Å². The second-order valence-electron chi connectivity index (χ2n) is 8.25. The molecular weight excluding hydrogens is 464 g/mol. The maximum atomic E-state index is 11.9. The van der Waals surface area contributed by atoms with Gasteiger partial charge in [0.25, 0.3) is 0 Å². The lowest BCUT2D eigenvalue weighted by Gasteiger charge is -2.20. The highest BCUT2D eigenvalue weighted by Crippen LogP contribution is 2.26. The molecular formula is C27H37ClN4O3. The maximum absolute atomic E-state index is 11.9. The molecule has 0 radical (unpaired) electrons. The van der Waals surface area contributed by atoms with E-state index in [1.54, 1.807) is 64.4 Å². The first kappa shape index (κ1) is 29.6. The Hall–Kier alpha value is -3.45. The van der Waals surface area contributed by atoms with Crippen LogP contribution in [0.4, 0.5) is 10.5 Å². The Morgan fingerprint density at radius 1 is 1.14 bits per heavy atom. The number of carbonyl (C=O) groups is 1. The van der Waals surface area contributed by atoms with E-state index in [2.05, 4.69) is 22.2 Å². The van der Waals surface area contributed by atoms with Crippen LogP contribution in [-0.2, 0) is 9.47 Å². The molecule has 190 valence electrons. The Labute approximate surface area is 214 Å². The van der Waals surface area contributed by atoms with Gasteiger partial charge in [0.2, 0.25) is 0 Å². The Morgan fingerprint density at radius 3 is 2.29 bits per heavy atom. The molecule has 0 aliphatic rings. The zero-order valence-corrected chi connectivity index (χ0v) is 22.4. The average Bonchev–Trinajstić information content (AvgIpc) is 2.79. The van der Waals surface area contributed by atoms with Crippen molar-refractivity contribution in [2.45, 2.75) is 53.2 Å². The van der Waals surface area contributed by atoms with Gasteiger partial charge < -0.3 is 20.5 Å². The van der Waals surface area contributed by atoms with Crippen LogP contribution < -0.4 is 16.4 Å². The van der Waals surface area contributed by atoms with Crippen molar-refractivity contribution >= 4 is 35.3 Å². The lowest BCUT2D eigenvalue weighted by molar-refractivity contribution is 0.0636. The van der Waals surface area contributed by atoms with E-state index in [4.69, 9.17) is 26.8 Å². The fraction of sp³-hybridized carbons (Fsp3) is 0.333. The van der Waals surface area contributed by atoms with Crippen LogP contribution in [0, 0.1) is 0 Å². The molecule has 35 heavy (non-hydrogen) atoms. The number of benzene rings is 2. The molecule has 0 aromatic heterocycles. The number of amides is 1. The number of halogens is 1. The van der Waals surface area contributed by atoms with Crippen LogP contribution in [-0.4, -0.2) is 25.0 Å². The number of ether oxygens (including phenoxy) is 2. The van der Waals surface area contributed by atoms with Crippen LogP contribution in [0.25, 0.3) is 5.70 Å². The van der Waals surface area contributed by atoms with Crippen molar-refractivity contribution in [3.05, 3.63) is 82.8 Å². The van der Waals surface area contributed by atoms with Crippen LogP contribution in [0.5, 0.6) is 0 Å². The quantitative estimate of drug-likeness (QED) is 0.271. The van der Waals surface area contributed by atoms with E-state index >= 15 is 0 Å². The van der Waals surface area contributed by atoms with Crippen LogP contribution in [0.1, 0.15) is 58.8 Å². The smallest absolute Gasteiger partial charge is 0.412 e. The zero-order valence-electron chi connectivity index (χ0n) is 21.6. The highest BCUT2D eigenvalue weighted by Gasteiger charge is 2.16. The summed E-state index contributed by atoms with van der Waals surface area (Å²) in [6.45, 7) is 15.2. The van der Waals surface area contributed by atoms with Gasteiger partial charge in [-0.2, -0.15) is 0 Å². The molecule has 1 atom stereocenters. The number of rotatable bonds is 8. The molecule has 0 spiro atoms. The number of carbonyl (C=O) groups excluding carboxylic acids is 1. The fourth-order valence-electron chi connectivity index (χ4n) is 2.87. The topological polar surface area (TPSA) is 98.0 Å². The molecule has 0 fully saturated rings. The molecule has 2 aromatic carbocycles. The summed E-state index contributed by atoms with van der Waals surface area (Å²) in [6.07, 6.45) is 0.731. The molecule has 0 aliphatic heterocycles. The first-order chi connectivity index (χ1) is 16.5. The number of anilines is 1. The molecule has 1 amide bonds. The van der Waals surface area contributed by atoms with Crippen molar-refractivity contribution < 1.29 is 14.3 Å². The van der Waals surface area contributed by atoms with E-state index in [0.717, 1.165) is 11.1 Å². The molecule has 0 bridgehead atoms. The molecule has 0 aliphatic carbocycles. The van der Waals surface area contributed by atoms with Gasteiger partial charge in [-0.15, -0.1) is 0 Å². The second kappa shape index (κ2) is 14.1. The summed E-state index contributed by atoms with van der Waals surface area (Å²) < 4.78 is 11.1. The minimum Gasteiger partial charge on any atom is -0.472 e. The summed E-state index contributed by atoms with van der Waals surface area (Å²) in [4.78, 5) is 16.0. The summed E-state index contributed by atoms with van der Waals surface area (Å²) >= 11 is 6.25. The van der Waals surface area contributed by atoms with E-state index in [-0.39, 0.29) is 6.10 Å². The third-order valence-electron chi connectivity index (χ3n) is 4.33. The van der Waals surface area contributed by atoms with Gasteiger partial charge in [-0.3, -0.25) is 10.3 Å². The number of nitrogens with one attached hydrogen (secondary N) is 2. The lowest BCUT2D eigenvalue weighted by atomic mass is 10.1. The molecule has 4 N–H and O–H groups in total. The molecule has 0 heterocycles. The van der Waals surface area contributed by atoms with Gasteiger partial charge in [-0.05, 0) is 58.0 Å². The van der Waals surface area contributed by atoms with Crippen molar-refractivity contribution in [1.82, 2.24) is 5.32 Å². The summed E-state index contributed by atoms with van der Waals surface area (Å²) in [5.41, 5.74) is 8.89. The standard InChI is InChI=1S/C25H31ClN4O3.C2H6/c1-16(20-9-7-8-10-21(20)26)32-17(2)29-22(15-28-6)23(27)18-11-13-19(14-12-18)30-24(31)33-25(3,4)5;1-2/h7-16,29H,2,27H2,1,3-6H3,(H,30,31);1-2H3/b23-22+,28-15?;. The minimum absolute atomic E-state index is 0.295. The van der Waals surface area contributed by atoms with E-state index < -0.39 is 11.7 Å². The first-order valence-corrected chi connectivity index (χ1v) is 11.8. The monoisotopic (exact) mass is 500 g/mol. The fourth-order valence-corrected chi connectivity index (χ4v) is 3.16. The summed E-state index contributed by atoms with van der Waals surface area (Å²) in [6, 6.07) is 14.5. The summed E-state index contributed by atoms with van der Waals surface area (Å²) in [5, 5.41) is 6.37. The van der Waals surface area contributed by atoms with Crippen LogP contribution in [0.2, 0.25) is 5.02 Å². The van der Waals surface area contributed by atoms with Crippen molar-refractivity contribution in [2.75, 3.05) is 12.4 Å². The largest absolute Gasteiger partial charge is 0.472 e. The number of hydrogen-bond acceptors (Lipinski definition) is 6. The van der Waals surface area contributed by atoms with Crippen molar-refractivity contribution in [2.24, 2.45) is 10.7 Å². The van der Waals surface area contributed by atoms with Gasteiger partial charge in [0, 0.05) is 29.5 Å². The minimum atomic E-state index is -0.578. The SMILES string of the molecule is C=C(N/C(C=NC)=C(/N)c1ccc(NC(=O)OC(C)(C)C)cc1)OC(C)c1ccccc1Cl.CC. The predicted molar refractivity (Wildman–Crippen MR) is 146 cm³/mol. The average molecular weight is 501 g/mol. The van der Waals surface area contributed by atoms with E-state index in [1.807, 2.05) is 39.0 Å². The third kappa shape index (κ3) is 10.1. The van der Waals surface area contributed by atoms with E-state index in [0.29, 0.717) is 28.0 Å². The Balaban J connectivity index is 0.00000298. The maximum Gasteiger partial charge on any atom is 0.412 e. The molecule has 2 rings (SSSR count). The molecule has 0 saturated heterocycles. The van der Waals surface area contributed by atoms with Crippen molar-refractivity contribution in [1.29, 1.82) is 0 Å². The van der Waals surface area contributed by atoms with Gasteiger partial charge in [-0.25, -0.2) is 4.79 Å². The second-order valence-corrected chi connectivity index (χ2v) is 8.66. The molecule has 0 saturated carbocycles. The summed E-state index contributed by atoms with van der Waals surface area (Å²) in [7, 11) is 1.64. The highest BCUT2D eigenvalue weighted by molar-refractivity contribution is 6.31. The number of aliphatic imine (C=N–C) groups is 1. The first-order valence-electron chi connectivity index (χ1n) is 11.4. The van der Waals surface area contributed by atoms with Crippen molar-refractivity contribution in [3.63, 3.8) is 0 Å². The molecule has 8 heteroatoms. The Bertz CT molecular complexity index is 1040. The number of nitrogens with zero attached hydrogens (tertiary/aromatic N) is 1. The lowest BCUT2D eigenvalue weighted by Crippen LogP contribution is -2.27. The van der Waals surface area contributed by atoms with Crippen LogP contribution >= 0.6 is 11.6 Å². The predicted octanol–water partition coefficient (Wildman–Crippen LogP) is 6.88. The third-order valence-corrected chi connectivity index (χ3v) is 4.67. The highest BCUT2D eigenvalue weighted by atomic mass is 35.5.